The van der Waals surface area contributed by atoms with E-state index < -0.39 is 0 Å². The summed E-state index contributed by atoms with van der Waals surface area (Å²) in [7, 11) is 0. The van der Waals surface area contributed by atoms with E-state index in [0.717, 1.165) is 16.6 Å². The number of hydrogen-bond donors (Lipinski definition) is 1. The number of thiophene rings is 1. The molecule has 0 saturated heterocycles. The molecule has 1 nitrogen and oxygen atoms in total. The second-order valence-corrected chi connectivity index (χ2v) is 5.15. The summed E-state index contributed by atoms with van der Waals surface area (Å²) in [6.07, 6.45) is 3.16. The monoisotopic (exact) mass is 265 g/mol. The normalized spacial score (nSPS) is 13.2. The quantitative estimate of drug-likeness (QED) is 0.905. The van der Waals surface area contributed by atoms with Gasteiger partial charge in [0.2, 0.25) is 0 Å². The zero-order valence-electron chi connectivity index (χ0n) is 6.92. The molecule has 1 aromatic heterocycles. The van der Waals surface area contributed by atoms with Crippen LogP contribution in [0.2, 0.25) is 0 Å². The van der Waals surface area contributed by atoms with Gasteiger partial charge in [0.1, 0.15) is 0 Å². The highest BCUT2D eigenvalue weighted by Gasteiger charge is 2.09. The molecule has 0 radical (unpaired) electrons. The highest BCUT2D eigenvalue weighted by Crippen LogP contribution is 2.28. The third kappa shape index (κ3) is 2.76. The van der Waals surface area contributed by atoms with Gasteiger partial charge in [-0.1, -0.05) is 0 Å². The van der Waals surface area contributed by atoms with Crippen LogP contribution < -0.4 is 5.73 Å². The molecule has 0 spiro atoms. The van der Waals surface area contributed by atoms with E-state index >= 15 is 0 Å². The molecule has 2 N–H and O–H groups in total. The van der Waals surface area contributed by atoms with Gasteiger partial charge in [0.25, 0.3) is 0 Å². The molecule has 1 atom stereocenters. The second kappa shape index (κ2) is 5.27. The lowest BCUT2D eigenvalue weighted by Crippen LogP contribution is -2.10. The Balaban J connectivity index is 2.52. The van der Waals surface area contributed by atoms with Crippen LogP contribution in [-0.4, -0.2) is 12.0 Å². The average Bonchev–Trinajstić information content (AvgIpc) is 2.47. The van der Waals surface area contributed by atoms with Crippen LogP contribution in [0.3, 0.4) is 0 Å². The number of nitrogens with two attached hydrogens (primary N) is 1. The van der Waals surface area contributed by atoms with Gasteiger partial charge in [0.05, 0.1) is 0 Å². The van der Waals surface area contributed by atoms with Gasteiger partial charge in [0, 0.05) is 15.9 Å². The van der Waals surface area contributed by atoms with Gasteiger partial charge in [0.15, 0.2) is 0 Å². The van der Waals surface area contributed by atoms with Crippen LogP contribution in [0.25, 0.3) is 0 Å². The smallest absolute Gasteiger partial charge is 0.0330 e. The fourth-order valence-corrected chi connectivity index (χ4v) is 3.10. The van der Waals surface area contributed by atoms with Gasteiger partial charge >= 0.3 is 0 Å². The minimum Gasteiger partial charge on any atom is -0.324 e. The van der Waals surface area contributed by atoms with Crippen molar-refractivity contribution in [3.63, 3.8) is 0 Å². The topological polar surface area (TPSA) is 26.0 Å². The largest absolute Gasteiger partial charge is 0.324 e. The minimum absolute atomic E-state index is 0.193. The molecule has 0 fully saturated rings. The van der Waals surface area contributed by atoms with Crippen molar-refractivity contribution in [2.75, 3.05) is 12.0 Å². The predicted molar refractivity (Wildman–Crippen MR) is 61.9 cm³/mol. The van der Waals surface area contributed by atoms with Crippen molar-refractivity contribution in [1.82, 2.24) is 0 Å². The van der Waals surface area contributed by atoms with Crippen LogP contribution in [-0.2, 0) is 0 Å². The highest BCUT2D eigenvalue weighted by atomic mass is 79.9. The van der Waals surface area contributed by atoms with Crippen molar-refractivity contribution in [2.24, 2.45) is 5.73 Å². The molecule has 0 aliphatic heterocycles. The number of rotatable bonds is 4. The first kappa shape index (κ1) is 10.6. The summed E-state index contributed by atoms with van der Waals surface area (Å²) in [5.41, 5.74) is 7.23. The molecular weight excluding hydrogens is 254 g/mol. The molecule has 68 valence electrons. The minimum atomic E-state index is 0.193. The van der Waals surface area contributed by atoms with Crippen molar-refractivity contribution >= 4 is 39.0 Å². The maximum Gasteiger partial charge on any atom is 0.0330 e. The van der Waals surface area contributed by atoms with E-state index in [4.69, 9.17) is 5.73 Å². The Morgan fingerprint density at radius 3 is 2.92 bits per heavy atom. The third-order valence-corrected chi connectivity index (χ3v) is 4.07. The molecule has 0 aliphatic carbocycles. The summed E-state index contributed by atoms with van der Waals surface area (Å²) in [6.45, 7) is 0. The van der Waals surface area contributed by atoms with E-state index in [1.165, 1.54) is 5.56 Å². The van der Waals surface area contributed by atoms with Crippen molar-refractivity contribution < 1.29 is 0 Å². The highest BCUT2D eigenvalue weighted by molar-refractivity contribution is 9.10. The van der Waals surface area contributed by atoms with Crippen molar-refractivity contribution in [3.8, 4) is 0 Å². The molecule has 0 amide bonds. The Kier molecular flexibility index (Phi) is 4.64. The number of hydrogen-bond acceptors (Lipinski definition) is 3. The zero-order chi connectivity index (χ0) is 8.97. The summed E-state index contributed by atoms with van der Waals surface area (Å²) >= 11 is 7.02. The maximum atomic E-state index is 5.99. The van der Waals surface area contributed by atoms with Crippen LogP contribution in [0.4, 0.5) is 0 Å². The first-order valence-corrected chi connectivity index (χ1v) is 6.84. The van der Waals surface area contributed by atoms with Gasteiger partial charge in [-0.25, -0.2) is 0 Å². The van der Waals surface area contributed by atoms with Gasteiger partial charge in [-0.15, -0.1) is 0 Å². The summed E-state index contributed by atoms with van der Waals surface area (Å²) in [6, 6.07) is 0.193. The van der Waals surface area contributed by atoms with E-state index in [1.807, 2.05) is 11.8 Å². The third-order valence-electron chi connectivity index (χ3n) is 1.67. The molecule has 12 heavy (non-hydrogen) atoms. The average molecular weight is 266 g/mol. The summed E-state index contributed by atoms with van der Waals surface area (Å²) < 4.78 is 1.15. The molecule has 1 unspecified atom stereocenters. The molecule has 0 aromatic carbocycles. The van der Waals surface area contributed by atoms with Crippen molar-refractivity contribution in [2.45, 2.75) is 12.5 Å². The van der Waals surface area contributed by atoms with Gasteiger partial charge in [-0.3, -0.25) is 0 Å². The van der Waals surface area contributed by atoms with Gasteiger partial charge in [-0.2, -0.15) is 23.1 Å². The molecule has 1 rings (SSSR count). The lowest BCUT2D eigenvalue weighted by Gasteiger charge is -2.09. The molecule has 0 saturated carbocycles. The lowest BCUT2D eigenvalue weighted by molar-refractivity contribution is 0.705. The van der Waals surface area contributed by atoms with Crippen LogP contribution in [0, 0.1) is 0 Å². The Morgan fingerprint density at radius 2 is 2.42 bits per heavy atom. The van der Waals surface area contributed by atoms with E-state index in [2.05, 4.69) is 32.9 Å². The molecule has 1 heterocycles. The van der Waals surface area contributed by atoms with E-state index in [-0.39, 0.29) is 6.04 Å². The number of thioether (sulfide) groups is 1. The van der Waals surface area contributed by atoms with Crippen LogP contribution in [0.15, 0.2) is 15.2 Å². The zero-order valence-corrected chi connectivity index (χ0v) is 10.1. The van der Waals surface area contributed by atoms with E-state index in [9.17, 15) is 0 Å². The van der Waals surface area contributed by atoms with Crippen molar-refractivity contribution in [3.05, 3.63) is 20.8 Å². The predicted octanol–water partition coefficient (Wildman–Crippen LogP) is 3.26. The van der Waals surface area contributed by atoms with E-state index in [1.54, 1.807) is 11.3 Å². The van der Waals surface area contributed by atoms with Crippen LogP contribution >= 0.6 is 39.0 Å². The first-order valence-electron chi connectivity index (χ1n) is 3.71. The summed E-state index contributed by atoms with van der Waals surface area (Å²) in [4.78, 5) is 0. The Labute approximate surface area is 89.9 Å². The standard InChI is InChI=1S/C8H12BrNS2/c1-11-3-2-8(10)6-4-12-5-7(6)9/h4-5,8H,2-3,10H2,1H3. The van der Waals surface area contributed by atoms with Crippen LogP contribution in [0.5, 0.6) is 0 Å². The van der Waals surface area contributed by atoms with Gasteiger partial charge in [-0.05, 0) is 45.3 Å². The Bertz CT molecular complexity index is 237. The maximum absolute atomic E-state index is 5.99. The number of halogens is 1. The Morgan fingerprint density at radius 1 is 1.67 bits per heavy atom. The lowest BCUT2D eigenvalue weighted by atomic mass is 10.1. The van der Waals surface area contributed by atoms with Crippen LogP contribution in [0.1, 0.15) is 18.0 Å². The SMILES string of the molecule is CSCCC(N)c1cscc1Br. The van der Waals surface area contributed by atoms with Gasteiger partial charge < -0.3 is 5.73 Å². The summed E-state index contributed by atoms with van der Waals surface area (Å²) in [5, 5.41) is 4.20. The molecule has 0 bridgehead atoms. The van der Waals surface area contributed by atoms with Crippen molar-refractivity contribution in [1.29, 1.82) is 0 Å². The molecule has 1 aromatic rings. The Hall–Kier alpha value is 0.490. The fraction of sp³-hybridized carbons (Fsp3) is 0.500. The van der Waals surface area contributed by atoms with E-state index in [0.29, 0.717) is 0 Å². The molecule has 4 heteroatoms. The second-order valence-electron chi connectivity index (χ2n) is 2.56. The summed E-state index contributed by atoms with van der Waals surface area (Å²) in [5.74, 6) is 1.13. The first-order chi connectivity index (χ1) is 5.75. The fourth-order valence-electron chi connectivity index (χ4n) is 0.956. The molecule has 0 aliphatic rings. The molecular formula is C8H12BrNS2.